The Labute approximate surface area is 89.0 Å². The van der Waals surface area contributed by atoms with E-state index in [0.717, 1.165) is 18.5 Å². The average Bonchev–Trinajstić information content (AvgIpc) is 3.10. The van der Waals surface area contributed by atoms with E-state index in [-0.39, 0.29) is 0 Å². The van der Waals surface area contributed by atoms with E-state index in [0.29, 0.717) is 12.0 Å². The third-order valence-corrected chi connectivity index (χ3v) is 2.33. The Kier molecular flexibility index (Phi) is 2.82. The molecule has 5 heteroatoms. The minimum atomic E-state index is 0.440. The minimum Gasteiger partial charge on any atom is -0.313 e. The molecule has 0 aliphatic heterocycles. The standard InChI is InChI=1S/C10H15N5/c1-15(9-3-2-6-12-7-9)10(14-11)13-8-4-5-8/h2-3,6-8H,4-5,11H2,1H3,(H,13,14). The molecule has 0 bridgehead atoms. The lowest BCUT2D eigenvalue weighted by molar-refractivity contribution is 0.931. The second-order valence-electron chi connectivity index (χ2n) is 3.60. The van der Waals surface area contributed by atoms with Gasteiger partial charge in [-0.05, 0) is 25.0 Å². The van der Waals surface area contributed by atoms with Gasteiger partial charge in [0.2, 0.25) is 5.96 Å². The van der Waals surface area contributed by atoms with Crippen molar-refractivity contribution in [1.82, 2.24) is 10.4 Å². The van der Waals surface area contributed by atoms with Crippen molar-refractivity contribution in [2.75, 3.05) is 11.9 Å². The zero-order chi connectivity index (χ0) is 10.7. The highest BCUT2D eigenvalue weighted by Crippen LogP contribution is 2.24. The van der Waals surface area contributed by atoms with Crippen LogP contribution < -0.4 is 16.2 Å². The van der Waals surface area contributed by atoms with Crippen molar-refractivity contribution in [3.8, 4) is 0 Å². The number of guanidine groups is 1. The number of pyridine rings is 1. The molecular formula is C10H15N5. The molecule has 1 aromatic rings. The van der Waals surface area contributed by atoms with Gasteiger partial charge < -0.3 is 4.90 Å². The van der Waals surface area contributed by atoms with E-state index in [1.165, 1.54) is 0 Å². The maximum absolute atomic E-state index is 5.44. The Bertz CT molecular complexity index is 344. The number of nitrogens with two attached hydrogens (primary N) is 1. The van der Waals surface area contributed by atoms with Crippen molar-refractivity contribution in [3.63, 3.8) is 0 Å². The fourth-order valence-electron chi connectivity index (χ4n) is 1.27. The fraction of sp³-hybridized carbons (Fsp3) is 0.400. The summed E-state index contributed by atoms with van der Waals surface area (Å²) >= 11 is 0. The van der Waals surface area contributed by atoms with Crippen LogP contribution in [0.2, 0.25) is 0 Å². The van der Waals surface area contributed by atoms with Gasteiger partial charge in [-0.1, -0.05) is 0 Å². The van der Waals surface area contributed by atoms with Crippen LogP contribution in [0.25, 0.3) is 0 Å². The molecule has 0 saturated heterocycles. The van der Waals surface area contributed by atoms with Crippen molar-refractivity contribution in [2.24, 2.45) is 10.8 Å². The molecule has 1 aliphatic rings. The van der Waals surface area contributed by atoms with Crippen LogP contribution in [0.1, 0.15) is 12.8 Å². The van der Waals surface area contributed by atoms with Crippen LogP contribution in [0.3, 0.4) is 0 Å². The summed E-state index contributed by atoms with van der Waals surface area (Å²) in [6, 6.07) is 4.29. The molecule has 1 aromatic heterocycles. The lowest BCUT2D eigenvalue weighted by atomic mass is 10.4. The highest BCUT2D eigenvalue weighted by Gasteiger charge is 2.22. The van der Waals surface area contributed by atoms with E-state index in [9.17, 15) is 0 Å². The van der Waals surface area contributed by atoms with Crippen LogP contribution in [0, 0.1) is 0 Å². The summed E-state index contributed by atoms with van der Waals surface area (Å²) in [5, 5.41) is 0. The molecule has 5 nitrogen and oxygen atoms in total. The Hall–Kier alpha value is -1.62. The quantitative estimate of drug-likeness (QED) is 0.319. The van der Waals surface area contributed by atoms with Crippen LogP contribution in [0.5, 0.6) is 0 Å². The molecule has 0 radical (unpaired) electrons. The van der Waals surface area contributed by atoms with Gasteiger partial charge in [0, 0.05) is 13.2 Å². The van der Waals surface area contributed by atoms with Crippen molar-refractivity contribution < 1.29 is 0 Å². The van der Waals surface area contributed by atoms with E-state index in [2.05, 4.69) is 15.4 Å². The number of hydrogen-bond acceptors (Lipinski definition) is 3. The minimum absolute atomic E-state index is 0.440. The highest BCUT2D eigenvalue weighted by molar-refractivity contribution is 5.95. The molecule has 0 amide bonds. The van der Waals surface area contributed by atoms with E-state index < -0.39 is 0 Å². The van der Waals surface area contributed by atoms with Gasteiger partial charge in [-0.15, -0.1) is 0 Å². The topological polar surface area (TPSA) is 66.5 Å². The number of aliphatic imine (C=N–C) groups is 1. The Morgan fingerprint density at radius 2 is 2.47 bits per heavy atom. The molecule has 80 valence electrons. The molecule has 15 heavy (non-hydrogen) atoms. The zero-order valence-electron chi connectivity index (χ0n) is 8.72. The Balaban J connectivity index is 2.14. The first kappa shape index (κ1) is 9.92. The largest absolute Gasteiger partial charge is 0.313 e. The first-order chi connectivity index (χ1) is 7.31. The van der Waals surface area contributed by atoms with Crippen LogP contribution in [0.15, 0.2) is 29.5 Å². The molecule has 2 rings (SSSR count). The Morgan fingerprint density at radius 3 is 3.00 bits per heavy atom. The Morgan fingerprint density at radius 1 is 1.67 bits per heavy atom. The van der Waals surface area contributed by atoms with Crippen LogP contribution >= 0.6 is 0 Å². The van der Waals surface area contributed by atoms with Crippen molar-refractivity contribution in [3.05, 3.63) is 24.5 Å². The SMILES string of the molecule is CN(C(=NC1CC1)NN)c1cccnc1. The summed E-state index contributed by atoms with van der Waals surface area (Å²) in [6.07, 6.45) is 5.84. The second kappa shape index (κ2) is 4.27. The van der Waals surface area contributed by atoms with Gasteiger partial charge in [-0.3, -0.25) is 10.4 Å². The summed E-state index contributed by atoms with van der Waals surface area (Å²) < 4.78 is 0. The summed E-state index contributed by atoms with van der Waals surface area (Å²) in [6.45, 7) is 0. The molecule has 3 N–H and O–H groups in total. The average molecular weight is 205 g/mol. The normalized spacial score (nSPS) is 16.3. The van der Waals surface area contributed by atoms with Gasteiger partial charge in [0.15, 0.2) is 0 Å². The number of aromatic nitrogens is 1. The van der Waals surface area contributed by atoms with Crippen LogP contribution in [0.4, 0.5) is 5.69 Å². The summed E-state index contributed by atoms with van der Waals surface area (Å²) in [4.78, 5) is 10.4. The summed E-state index contributed by atoms with van der Waals surface area (Å²) in [5.41, 5.74) is 3.59. The number of hydrazine groups is 1. The third kappa shape index (κ3) is 2.44. The predicted octanol–water partition coefficient (Wildman–Crippen LogP) is 0.499. The zero-order valence-corrected chi connectivity index (χ0v) is 8.72. The number of rotatable bonds is 2. The van der Waals surface area contributed by atoms with Gasteiger partial charge >= 0.3 is 0 Å². The molecule has 0 atom stereocenters. The maximum atomic E-state index is 5.44. The van der Waals surface area contributed by atoms with Gasteiger partial charge in [-0.25, -0.2) is 10.8 Å². The van der Waals surface area contributed by atoms with Gasteiger partial charge in [0.05, 0.1) is 17.9 Å². The molecule has 1 saturated carbocycles. The number of anilines is 1. The smallest absolute Gasteiger partial charge is 0.213 e. The fourth-order valence-corrected chi connectivity index (χ4v) is 1.27. The van der Waals surface area contributed by atoms with Crippen molar-refractivity contribution >= 4 is 11.6 Å². The second-order valence-corrected chi connectivity index (χ2v) is 3.60. The lowest BCUT2D eigenvalue weighted by Gasteiger charge is -2.20. The van der Waals surface area contributed by atoms with Gasteiger partial charge in [0.1, 0.15) is 0 Å². The third-order valence-electron chi connectivity index (χ3n) is 2.33. The van der Waals surface area contributed by atoms with E-state index >= 15 is 0 Å². The van der Waals surface area contributed by atoms with Crippen molar-refractivity contribution in [2.45, 2.75) is 18.9 Å². The van der Waals surface area contributed by atoms with E-state index in [4.69, 9.17) is 5.84 Å². The van der Waals surface area contributed by atoms with E-state index in [1.54, 1.807) is 12.4 Å². The van der Waals surface area contributed by atoms with Gasteiger partial charge in [0.25, 0.3) is 0 Å². The predicted molar refractivity (Wildman–Crippen MR) is 60.4 cm³/mol. The highest BCUT2D eigenvalue weighted by atomic mass is 15.4. The molecule has 1 aliphatic carbocycles. The van der Waals surface area contributed by atoms with Crippen molar-refractivity contribution in [1.29, 1.82) is 0 Å². The summed E-state index contributed by atoms with van der Waals surface area (Å²) in [7, 11) is 1.91. The molecular weight excluding hydrogens is 190 g/mol. The monoisotopic (exact) mass is 205 g/mol. The number of nitrogens with zero attached hydrogens (tertiary/aromatic N) is 3. The van der Waals surface area contributed by atoms with E-state index in [1.807, 2.05) is 24.1 Å². The first-order valence-electron chi connectivity index (χ1n) is 4.99. The van der Waals surface area contributed by atoms with Crippen LogP contribution in [-0.2, 0) is 0 Å². The maximum Gasteiger partial charge on any atom is 0.213 e. The summed E-state index contributed by atoms with van der Waals surface area (Å²) in [5.74, 6) is 6.13. The molecule has 0 aromatic carbocycles. The van der Waals surface area contributed by atoms with Gasteiger partial charge in [-0.2, -0.15) is 0 Å². The first-order valence-corrected chi connectivity index (χ1v) is 4.99. The molecule has 1 heterocycles. The lowest BCUT2D eigenvalue weighted by Crippen LogP contribution is -2.43. The number of nitrogens with one attached hydrogen (secondary N) is 1. The van der Waals surface area contributed by atoms with Crippen LogP contribution in [-0.4, -0.2) is 24.0 Å². The molecule has 0 spiro atoms. The number of hydrogen-bond donors (Lipinski definition) is 2. The molecule has 0 unspecified atom stereocenters. The molecule has 1 fully saturated rings.